The lowest BCUT2D eigenvalue weighted by atomic mass is 9.79. The highest BCUT2D eigenvalue weighted by Crippen LogP contribution is 2.31. The molecule has 1 aromatic heterocycles. The zero-order chi connectivity index (χ0) is 23.1. The smallest absolute Gasteiger partial charge is 0.0580 e. The molecule has 0 bridgehead atoms. The van der Waals surface area contributed by atoms with Gasteiger partial charge in [-0.15, -0.1) is 0 Å². The van der Waals surface area contributed by atoms with Crippen LogP contribution in [0.5, 0.6) is 0 Å². The van der Waals surface area contributed by atoms with Crippen LogP contribution in [0.1, 0.15) is 75.8 Å². The predicted octanol–water partition coefficient (Wildman–Crippen LogP) is 6.16. The lowest BCUT2D eigenvalue weighted by molar-refractivity contribution is 0.163. The van der Waals surface area contributed by atoms with E-state index >= 15 is 0 Å². The third-order valence-corrected chi connectivity index (χ3v) is 6.42. The van der Waals surface area contributed by atoms with Crippen molar-refractivity contribution in [3.8, 4) is 0 Å². The lowest BCUT2D eigenvalue weighted by Gasteiger charge is -2.26. The van der Waals surface area contributed by atoms with Gasteiger partial charge >= 0.3 is 0 Å². The number of aliphatic hydroxyl groups is 2. The molecular formula is C29H39NO2. The summed E-state index contributed by atoms with van der Waals surface area (Å²) in [5, 5.41) is 22.8. The average Bonchev–Trinajstić information content (AvgIpc) is 2.74. The Labute approximate surface area is 193 Å². The molecule has 2 unspecified atom stereocenters. The van der Waals surface area contributed by atoms with Gasteiger partial charge in [0.2, 0.25) is 0 Å². The Morgan fingerprint density at radius 1 is 0.844 bits per heavy atom. The molecule has 0 aliphatic carbocycles. The quantitative estimate of drug-likeness (QED) is 0.381. The maximum Gasteiger partial charge on any atom is 0.0580 e. The second-order valence-electron chi connectivity index (χ2n) is 9.87. The van der Waals surface area contributed by atoms with E-state index < -0.39 is 0 Å². The summed E-state index contributed by atoms with van der Waals surface area (Å²) in [5.41, 5.74) is 4.66. The first-order valence-corrected chi connectivity index (χ1v) is 12.1. The number of rotatable bonds is 11. The maximum absolute atomic E-state index is 10.2. The van der Waals surface area contributed by atoms with E-state index in [0.717, 1.165) is 37.8 Å². The first-order chi connectivity index (χ1) is 15.3. The number of pyridine rings is 1. The summed E-state index contributed by atoms with van der Waals surface area (Å²) in [6, 6.07) is 17.2. The van der Waals surface area contributed by atoms with E-state index in [1.54, 1.807) is 0 Å². The Morgan fingerprint density at radius 2 is 1.50 bits per heavy atom. The molecule has 2 aromatic carbocycles. The minimum Gasteiger partial charge on any atom is -0.393 e. The van der Waals surface area contributed by atoms with Crippen molar-refractivity contribution in [1.29, 1.82) is 0 Å². The van der Waals surface area contributed by atoms with Crippen LogP contribution in [0, 0.1) is 0 Å². The Morgan fingerprint density at radius 3 is 2.16 bits per heavy atom. The zero-order valence-corrected chi connectivity index (χ0v) is 20.1. The largest absolute Gasteiger partial charge is 0.393 e. The van der Waals surface area contributed by atoms with Crippen molar-refractivity contribution in [2.45, 2.75) is 90.3 Å². The highest BCUT2D eigenvalue weighted by atomic mass is 16.3. The molecule has 0 saturated carbocycles. The summed E-state index contributed by atoms with van der Waals surface area (Å²) in [5.74, 6) is 0. The number of fused-ring (bicyclic) bond motifs is 1. The number of hydrogen-bond acceptors (Lipinski definition) is 3. The molecule has 32 heavy (non-hydrogen) atoms. The van der Waals surface area contributed by atoms with Crippen molar-refractivity contribution >= 4 is 10.8 Å². The molecule has 3 rings (SSSR count). The highest BCUT2D eigenvalue weighted by Gasteiger charge is 2.23. The van der Waals surface area contributed by atoms with E-state index in [4.69, 9.17) is 4.98 Å². The molecule has 2 atom stereocenters. The Bertz CT molecular complexity index is 1010. The molecule has 3 nitrogen and oxygen atoms in total. The normalized spacial score (nSPS) is 13.9. The van der Waals surface area contributed by atoms with Crippen LogP contribution in [0.3, 0.4) is 0 Å². The highest BCUT2D eigenvalue weighted by molar-refractivity contribution is 5.85. The number of hydrogen-bond donors (Lipinski definition) is 2. The average molecular weight is 434 g/mol. The summed E-state index contributed by atoms with van der Waals surface area (Å²) in [6.07, 6.45) is 7.26. The Hall–Kier alpha value is -2.23. The van der Waals surface area contributed by atoms with Gasteiger partial charge in [0.1, 0.15) is 0 Å². The summed E-state index contributed by atoms with van der Waals surface area (Å²) in [4.78, 5) is 4.74. The maximum atomic E-state index is 10.2. The lowest BCUT2D eigenvalue weighted by Crippen LogP contribution is -2.22. The van der Waals surface area contributed by atoms with Crippen molar-refractivity contribution in [3.05, 3.63) is 77.1 Å². The predicted molar refractivity (Wildman–Crippen MR) is 134 cm³/mol. The molecule has 0 aliphatic rings. The van der Waals surface area contributed by atoms with E-state index in [1.165, 1.54) is 27.5 Å². The van der Waals surface area contributed by atoms with Gasteiger partial charge in [-0.2, -0.15) is 0 Å². The van der Waals surface area contributed by atoms with Crippen molar-refractivity contribution in [2.75, 3.05) is 0 Å². The molecule has 3 heteroatoms. The fourth-order valence-electron chi connectivity index (χ4n) is 4.61. The van der Waals surface area contributed by atoms with Gasteiger partial charge in [-0.25, -0.2) is 0 Å². The SMILES string of the molecule is CCCC(O)Cc1cccc(C(C)(C)Cc2nccc3cc(CC(O)CCC)ccc23)c1. The number of benzene rings is 2. The standard InChI is InChI=1S/C29H39NO2/c1-5-8-25(31)18-21-10-7-11-24(17-21)29(3,4)20-28-27-13-12-22(19-26(32)9-6-2)16-23(27)14-15-30-28/h7,10-17,25-26,31-32H,5-6,8-9,18-20H2,1-4H3. The van der Waals surface area contributed by atoms with Crippen LogP contribution in [0.25, 0.3) is 10.8 Å². The van der Waals surface area contributed by atoms with Crippen LogP contribution in [0.2, 0.25) is 0 Å². The van der Waals surface area contributed by atoms with E-state index in [-0.39, 0.29) is 17.6 Å². The van der Waals surface area contributed by atoms with Crippen LogP contribution in [-0.4, -0.2) is 27.4 Å². The van der Waals surface area contributed by atoms with Gasteiger partial charge in [-0.3, -0.25) is 4.98 Å². The molecular weight excluding hydrogens is 394 g/mol. The monoisotopic (exact) mass is 433 g/mol. The van der Waals surface area contributed by atoms with Gasteiger partial charge in [0.25, 0.3) is 0 Å². The molecule has 0 amide bonds. The molecule has 3 aromatic rings. The van der Waals surface area contributed by atoms with Crippen LogP contribution in [0.4, 0.5) is 0 Å². The van der Waals surface area contributed by atoms with Gasteiger partial charge in [-0.05, 0) is 65.7 Å². The molecule has 0 fully saturated rings. The van der Waals surface area contributed by atoms with Crippen molar-refractivity contribution < 1.29 is 10.2 Å². The molecule has 0 aliphatic heterocycles. The van der Waals surface area contributed by atoms with Crippen LogP contribution in [0.15, 0.2) is 54.7 Å². The summed E-state index contributed by atoms with van der Waals surface area (Å²) >= 11 is 0. The number of nitrogens with zero attached hydrogens (tertiary/aromatic N) is 1. The van der Waals surface area contributed by atoms with Gasteiger partial charge in [0.15, 0.2) is 0 Å². The van der Waals surface area contributed by atoms with Crippen molar-refractivity contribution in [2.24, 2.45) is 0 Å². The van der Waals surface area contributed by atoms with E-state index in [1.807, 2.05) is 6.20 Å². The summed E-state index contributed by atoms with van der Waals surface area (Å²) in [7, 11) is 0. The Kier molecular flexibility index (Phi) is 8.44. The number of aromatic nitrogens is 1. The second-order valence-corrected chi connectivity index (χ2v) is 9.87. The third-order valence-electron chi connectivity index (χ3n) is 6.42. The third kappa shape index (κ3) is 6.40. The van der Waals surface area contributed by atoms with E-state index in [9.17, 15) is 10.2 Å². The fourth-order valence-corrected chi connectivity index (χ4v) is 4.61. The molecule has 0 spiro atoms. The van der Waals surface area contributed by atoms with Gasteiger partial charge in [0.05, 0.1) is 12.2 Å². The van der Waals surface area contributed by atoms with Crippen molar-refractivity contribution in [1.82, 2.24) is 4.98 Å². The van der Waals surface area contributed by atoms with Gasteiger partial charge < -0.3 is 10.2 Å². The molecule has 0 saturated heterocycles. The number of aliphatic hydroxyl groups excluding tert-OH is 2. The first-order valence-electron chi connectivity index (χ1n) is 12.1. The molecule has 2 N–H and O–H groups in total. The Balaban J connectivity index is 1.82. The fraction of sp³-hybridized carbons (Fsp3) is 0.483. The molecule has 172 valence electrons. The summed E-state index contributed by atoms with van der Waals surface area (Å²) < 4.78 is 0. The minimum atomic E-state index is -0.277. The summed E-state index contributed by atoms with van der Waals surface area (Å²) in [6.45, 7) is 8.75. The molecule has 0 radical (unpaired) electrons. The second kappa shape index (κ2) is 11.1. The van der Waals surface area contributed by atoms with Gasteiger partial charge in [-0.1, -0.05) is 83.0 Å². The first kappa shape index (κ1) is 24.4. The topological polar surface area (TPSA) is 53.4 Å². The minimum absolute atomic E-state index is 0.0804. The molecule has 1 heterocycles. The van der Waals surface area contributed by atoms with Gasteiger partial charge in [0, 0.05) is 17.3 Å². The van der Waals surface area contributed by atoms with E-state index in [0.29, 0.717) is 12.8 Å². The zero-order valence-electron chi connectivity index (χ0n) is 20.1. The van der Waals surface area contributed by atoms with Crippen LogP contribution in [-0.2, 0) is 24.7 Å². The van der Waals surface area contributed by atoms with E-state index in [2.05, 4.69) is 76.2 Å². The van der Waals surface area contributed by atoms with Crippen LogP contribution < -0.4 is 0 Å². The van der Waals surface area contributed by atoms with Crippen LogP contribution >= 0.6 is 0 Å². The van der Waals surface area contributed by atoms with Crippen molar-refractivity contribution in [3.63, 3.8) is 0 Å².